The number of carbonyl (C=O) groups excluding carboxylic acids is 1. The maximum atomic E-state index is 11.9. The van der Waals surface area contributed by atoms with E-state index in [1.165, 1.54) is 12.8 Å². The van der Waals surface area contributed by atoms with Crippen LogP contribution < -0.4 is 10.6 Å². The zero-order valence-electron chi connectivity index (χ0n) is 10.8. The van der Waals surface area contributed by atoms with E-state index in [1.807, 2.05) is 4.90 Å². The summed E-state index contributed by atoms with van der Waals surface area (Å²) in [6.45, 7) is 8.89. The second kappa shape index (κ2) is 6.74. The van der Waals surface area contributed by atoms with Crippen molar-refractivity contribution in [2.45, 2.75) is 52.1 Å². The number of nitrogens with one attached hydrogen (secondary N) is 2. The fourth-order valence-corrected chi connectivity index (χ4v) is 2.01. The second-order valence-electron chi connectivity index (χ2n) is 4.77. The monoisotopic (exact) mass is 227 g/mol. The molecule has 2 amide bonds. The smallest absolute Gasteiger partial charge is 0.317 e. The van der Waals surface area contributed by atoms with Gasteiger partial charge >= 0.3 is 6.03 Å². The summed E-state index contributed by atoms with van der Waals surface area (Å²) in [6.07, 6.45) is 3.40. The lowest BCUT2D eigenvalue weighted by Crippen LogP contribution is -2.49. The van der Waals surface area contributed by atoms with E-state index in [0.717, 1.165) is 26.1 Å². The predicted molar refractivity (Wildman–Crippen MR) is 66.6 cm³/mol. The first kappa shape index (κ1) is 13.3. The number of hydrogen-bond acceptors (Lipinski definition) is 2. The normalized spacial score (nSPS) is 20.1. The van der Waals surface area contributed by atoms with E-state index in [1.54, 1.807) is 0 Å². The van der Waals surface area contributed by atoms with Crippen LogP contribution in [0.1, 0.15) is 40.0 Å². The Morgan fingerprint density at radius 3 is 2.81 bits per heavy atom. The van der Waals surface area contributed by atoms with Crippen LogP contribution in [0.2, 0.25) is 0 Å². The van der Waals surface area contributed by atoms with Gasteiger partial charge in [-0.05, 0) is 39.7 Å². The number of nitrogens with zero attached hydrogens (tertiary/aromatic N) is 1. The molecule has 4 heteroatoms. The Morgan fingerprint density at radius 2 is 2.31 bits per heavy atom. The summed E-state index contributed by atoms with van der Waals surface area (Å²) in [7, 11) is 0. The number of urea groups is 1. The Balaban J connectivity index is 2.42. The van der Waals surface area contributed by atoms with E-state index in [0.29, 0.717) is 6.04 Å². The maximum Gasteiger partial charge on any atom is 0.317 e. The number of carbonyl (C=O) groups is 1. The number of hydrogen-bond donors (Lipinski definition) is 2. The van der Waals surface area contributed by atoms with Crippen molar-refractivity contribution in [3.8, 4) is 0 Å². The molecule has 0 spiro atoms. The van der Waals surface area contributed by atoms with Crippen molar-refractivity contribution in [3.63, 3.8) is 0 Å². The van der Waals surface area contributed by atoms with Gasteiger partial charge < -0.3 is 15.5 Å². The molecule has 94 valence electrons. The minimum absolute atomic E-state index is 0.0746. The molecule has 1 saturated heterocycles. The van der Waals surface area contributed by atoms with Crippen molar-refractivity contribution in [3.05, 3.63) is 0 Å². The van der Waals surface area contributed by atoms with Gasteiger partial charge in [0.25, 0.3) is 0 Å². The zero-order chi connectivity index (χ0) is 12.0. The van der Waals surface area contributed by atoms with E-state index in [4.69, 9.17) is 0 Å². The van der Waals surface area contributed by atoms with Crippen LogP contribution in [-0.2, 0) is 0 Å². The molecular formula is C12H25N3O. The van der Waals surface area contributed by atoms with Crippen molar-refractivity contribution in [2.24, 2.45) is 0 Å². The van der Waals surface area contributed by atoms with Crippen LogP contribution in [0.5, 0.6) is 0 Å². The topological polar surface area (TPSA) is 44.4 Å². The molecule has 1 aliphatic rings. The van der Waals surface area contributed by atoms with Crippen LogP contribution in [0.3, 0.4) is 0 Å². The van der Waals surface area contributed by atoms with Crippen molar-refractivity contribution >= 4 is 6.03 Å². The fourth-order valence-electron chi connectivity index (χ4n) is 2.01. The van der Waals surface area contributed by atoms with Crippen molar-refractivity contribution in [1.82, 2.24) is 15.5 Å². The third kappa shape index (κ3) is 4.00. The SMILES string of the molecule is CCCNC(=O)N(CC1CCCN1)C(C)C. The molecule has 0 aliphatic carbocycles. The number of rotatable bonds is 5. The summed E-state index contributed by atoms with van der Waals surface area (Å²) in [5, 5.41) is 6.38. The van der Waals surface area contributed by atoms with E-state index < -0.39 is 0 Å². The van der Waals surface area contributed by atoms with Gasteiger partial charge in [-0.3, -0.25) is 0 Å². The number of amides is 2. The Bertz CT molecular complexity index is 212. The Labute approximate surface area is 98.8 Å². The predicted octanol–water partition coefficient (Wildman–Crippen LogP) is 1.57. The highest BCUT2D eigenvalue weighted by atomic mass is 16.2. The first-order valence-corrected chi connectivity index (χ1v) is 6.43. The van der Waals surface area contributed by atoms with Crippen LogP contribution in [0.25, 0.3) is 0 Å². The molecule has 0 aromatic rings. The third-order valence-corrected chi connectivity index (χ3v) is 2.99. The molecule has 0 aromatic carbocycles. The van der Waals surface area contributed by atoms with Gasteiger partial charge in [-0.2, -0.15) is 0 Å². The second-order valence-corrected chi connectivity index (χ2v) is 4.77. The quantitative estimate of drug-likeness (QED) is 0.749. The first-order valence-electron chi connectivity index (χ1n) is 6.43. The molecule has 1 heterocycles. The van der Waals surface area contributed by atoms with Gasteiger partial charge in [0, 0.05) is 25.2 Å². The van der Waals surface area contributed by atoms with E-state index in [2.05, 4.69) is 31.4 Å². The average molecular weight is 227 g/mol. The van der Waals surface area contributed by atoms with Crippen molar-refractivity contribution in [2.75, 3.05) is 19.6 Å². The molecule has 1 fully saturated rings. The van der Waals surface area contributed by atoms with Crippen molar-refractivity contribution in [1.29, 1.82) is 0 Å². The standard InChI is InChI=1S/C12H25N3O/c1-4-7-14-12(16)15(10(2)3)9-11-6-5-8-13-11/h10-11,13H,4-9H2,1-3H3,(H,14,16). The van der Waals surface area contributed by atoms with Gasteiger partial charge in [0.05, 0.1) is 0 Å². The summed E-state index contributed by atoms with van der Waals surface area (Å²) >= 11 is 0. The first-order chi connectivity index (χ1) is 7.65. The molecular weight excluding hydrogens is 202 g/mol. The van der Waals surface area contributed by atoms with E-state index >= 15 is 0 Å². The summed E-state index contributed by atoms with van der Waals surface area (Å²) in [5.41, 5.74) is 0. The van der Waals surface area contributed by atoms with Gasteiger partial charge in [-0.1, -0.05) is 6.92 Å². The minimum Gasteiger partial charge on any atom is -0.338 e. The molecule has 1 atom stereocenters. The minimum atomic E-state index is 0.0746. The molecule has 0 bridgehead atoms. The van der Waals surface area contributed by atoms with Crippen molar-refractivity contribution < 1.29 is 4.79 Å². The average Bonchev–Trinajstić information content (AvgIpc) is 2.74. The fraction of sp³-hybridized carbons (Fsp3) is 0.917. The summed E-state index contributed by atoms with van der Waals surface area (Å²) in [5.74, 6) is 0. The highest BCUT2D eigenvalue weighted by Crippen LogP contribution is 2.09. The van der Waals surface area contributed by atoms with Crippen LogP contribution in [0.15, 0.2) is 0 Å². The molecule has 1 aliphatic heterocycles. The van der Waals surface area contributed by atoms with Gasteiger partial charge in [0.15, 0.2) is 0 Å². The van der Waals surface area contributed by atoms with Crippen LogP contribution in [0.4, 0.5) is 4.79 Å². The van der Waals surface area contributed by atoms with Crippen LogP contribution >= 0.6 is 0 Å². The lowest BCUT2D eigenvalue weighted by atomic mass is 10.2. The summed E-state index contributed by atoms with van der Waals surface area (Å²) < 4.78 is 0. The molecule has 0 aromatic heterocycles. The zero-order valence-corrected chi connectivity index (χ0v) is 10.8. The highest BCUT2D eigenvalue weighted by molar-refractivity contribution is 5.74. The highest BCUT2D eigenvalue weighted by Gasteiger charge is 2.22. The third-order valence-electron chi connectivity index (χ3n) is 2.99. The maximum absolute atomic E-state index is 11.9. The summed E-state index contributed by atoms with van der Waals surface area (Å²) in [6, 6.07) is 0.819. The Morgan fingerprint density at radius 1 is 1.56 bits per heavy atom. The van der Waals surface area contributed by atoms with Gasteiger partial charge in [-0.25, -0.2) is 4.79 Å². The molecule has 1 unspecified atom stereocenters. The van der Waals surface area contributed by atoms with Gasteiger partial charge in [0.2, 0.25) is 0 Å². The molecule has 0 radical (unpaired) electrons. The van der Waals surface area contributed by atoms with E-state index in [-0.39, 0.29) is 12.1 Å². The molecule has 4 nitrogen and oxygen atoms in total. The Hall–Kier alpha value is -0.770. The summed E-state index contributed by atoms with van der Waals surface area (Å²) in [4.78, 5) is 13.8. The molecule has 1 rings (SSSR count). The molecule has 0 saturated carbocycles. The molecule has 2 N–H and O–H groups in total. The lowest BCUT2D eigenvalue weighted by Gasteiger charge is -2.29. The largest absolute Gasteiger partial charge is 0.338 e. The van der Waals surface area contributed by atoms with Gasteiger partial charge in [0.1, 0.15) is 0 Å². The van der Waals surface area contributed by atoms with Crippen LogP contribution in [-0.4, -0.2) is 42.6 Å². The van der Waals surface area contributed by atoms with Gasteiger partial charge in [-0.15, -0.1) is 0 Å². The molecule has 16 heavy (non-hydrogen) atoms. The van der Waals surface area contributed by atoms with Crippen LogP contribution in [0, 0.1) is 0 Å². The Kier molecular flexibility index (Phi) is 5.60. The lowest BCUT2D eigenvalue weighted by molar-refractivity contribution is 0.177. The van der Waals surface area contributed by atoms with E-state index in [9.17, 15) is 4.79 Å².